The molecule has 0 unspecified atom stereocenters. The zero-order valence-corrected chi connectivity index (χ0v) is 12.1. The first-order chi connectivity index (χ1) is 10.0. The van der Waals surface area contributed by atoms with Gasteiger partial charge in [-0.2, -0.15) is 10.2 Å². The van der Waals surface area contributed by atoms with Crippen molar-refractivity contribution >= 4 is 23.5 Å². The fraction of sp³-hybridized carbons (Fsp3) is 0.154. The normalized spacial score (nSPS) is 10.8. The van der Waals surface area contributed by atoms with E-state index in [2.05, 4.69) is 15.6 Å². The van der Waals surface area contributed by atoms with E-state index in [0.717, 1.165) is 4.68 Å². The minimum absolute atomic E-state index is 0.00206. The van der Waals surface area contributed by atoms with Gasteiger partial charge in [-0.15, -0.1) is 0 Å². The molecule has 2 rings (SSSR count). The van der Waals surface area contributed by atoms with Crippen LogP contribution in [0.2, 0.25) is 5.02 Å². The van der Waals surface area contributed by atoms with Crippen LogP contribution in [0.15, 0.2) is 34.3 Å². The highest BCUT2D eigenvalue weighted by Crippen LogP contribution is 2.25. The molecule has 0 aliphatic rings. The Kier molecular flexibility index (Phi) is 4.44. The van der Waals surface area contributed by atoms with Crippen molar-refractivity contribution in [2.75, 3.05) is 12.5 Å². The summed E-state index contributed by atoms with van der Waals surface area (Å²) in [6.07, 6.45) is 2.86. The maximum atomic E-state index is 11.6. The van der Waals surface area contributed by atoms with Crippen LogP contribution < -0.4 is 15.7 Å². The third-order valence-electron chi connectivity index (χ3n) is 2.68. The average molecular weight is 309 g/mol. The van der Waals surface area contributed by atoms with Crippen molar-refractivity contribution in [3.05, 3.63) is 45.3 Å². The fourth-order valence-electron chi connectivity index (χ4n) is 1.55. The van der Waals surface area contributed by atoms with Gasteiger partial charge in [-0.1, -0.05) is 11.6 Å². The third-order valence-corrected chi connectivity index (χ3v) is 3.04. The molecule has 0 spiro atoms. The summed E-state index contributed by atoms with van der Waals surface area (Å²) in [5.41, 5.74) is 3.16. The van der Waals surface area contributed by atoms with E-state index in [4.69, 9.17) is 16.3 Å². The van der Waals surface area contributed by atoms with E-state index < -0.39 is 5.56 Å². The van der Waals surface area contributed by atoms with Crippen LogP contribution in [0.4, 0.5) is 5.69 Å². The number of nitrogens with one attached hydrogen (secondary N) is 1. The van der Waals surface area contributed by atoms with Gasteiger partial charge < -0.3 is 9.84 Å². The Morgan fingerprint density at radius 1 is 1.52 bits per heavy atom. The van der Waals surface area contributed by atoms with Crippen LogP contribution in [0, 0.1) is 0 Å². The van der Waals surface area contributed by atoms with Crippen LogP contribution in [0.25, 0.3) is 0 Å². The van der Waals surface area contributed by atoms with Crippen LogP contribution in [0.3, 0.4) is 0 Å². The number of hydrogen-bond donors (Lipinski definition) is 2. The monoisotopic (exact) mass is 308 g/mol. The lowest BCUT2D eigenvalue weighted by atomic mass is 10.2. The average Bonchev–Trinajstić information content (AvgIpc) is 2.47. The number of aryl methyl sites for hydroxylation is 1. The van der Waals surface area contributed by atoms with Gasteiger partial charge in [-0.05, 0) is 23.8 Å². The van der Waals surface area contributed by atoms with Crippen molar-refractivity contribution in [3.63, 3.8) is 0 Å². The molecule has 8 heteroatoms. The van der Waals surface area contributed by atoms with Gasteiger partial charge in [0, 0.05) is 7.05 Å². The predicted octanol–water partition coefficient (Wildman–Crippen LogP) is 1.59. The van der Waals surface area contributed by atoms with Gasteiger partial charge in [0.05, 0.1) is 19.5 Å². The summed E-state index contributed by atoms with van der Waals surface area (Å²) in [6.45, 7) is 0. The summed E-state index contributed by atoms with van der Waals surface area (Å²) in [6, 6.07) is 4.82. The number of benzene rings is 1. The highest BCUT2D eigenvalue weighted by atomic mass is 35.5. The first-order valence-corrected chi connectivity index (χ1v) is 6.28. The summed E-state index contributed by atoms with van der Waals surface area (Å²) in [5.74, 6) is 0.383. The van der Waals surface area contributed by atoms with Crippen molar-refractivity contribution in [2.24, 2.45) is 12.1 Å². The molecular weight excluding hydrogens is 296 g/mol. The van der Waals surface area contributed by atoms with E-state index in [1.807, 2.05) is 0 Å². The van der Waals surface area contributed by atoms with Crippen LogP contribution in [-0.2, 0) is 7.05 Å². The zero-order chi connectivity index (χ0) is 15.4. The number of nitrogens with zero attached hydrogens (tertiary/aromatic N) is 3. The van der Waals surface area contributed by atoms with Crippen molar-refractivity contribution in [1.82, 2.24) is 9.78 Å². The SMILES string of the molecule is COc1ccc(/C=N\Nc2cnn(C)c(=O)c2Cl)cc1O. The van der Waals surface area contributed by atoms with Crippen LogP contribution in [-0.4, -0.2) is 28.2 Å². The lowest BCUT2D eigenvalue weighted by molar-refractivity contribution is 0.373. The molecule has 0 saturated heterocycles. The number of phenols is 1. The molecule has 0 aliphatic carbocycles. The van der Waals surface area contributed by atoms with Crippen molar-refractivity contribution in [1.29, 1.82) is 0 Å². The van der Waals surface area contributed by atoms with Crippen LogP contribution >= 0.6 is 11.6 Å². The maximum Gasteiger partial charge on any atom is 0.287 e. The number of phenolic OH excluding ortho intramolecular Hbond substituents is 1. The molecule has 0 fully saturated rings. The minimum atomic E-state index is -0.418. The Morgan fingerprint density at radius 2 is 2.29 bits per heavy atom. The maximum absolute atomic E-state index is 11.6. The number of ether oxygens (including phenoxy) is 1. The summed E-state index contributed by atoms with van der Waals surface area (Å²) in [7, 11) is 2.97. The zero-order valence-electron chi connectivity index (χ0n) is 11.4. The van der Waals surface area contributed by atoms with E-state index in [1.54, 1.807) is 12.1 Å². The topological polar surface area (TPSA) is 88.7 Å². The third kappa shape index (κ3) is 3.32. The van der Waals surface area contributed by atoms with Gasteiger partial charge in [0.25, 0.3) is 5.56 Å². The summed E-state index contributed by atoms with van der Waals surface area (Å²) in [4.78, 5) is 11.6. The molecule has 0 aliphatic heterocycles. The van der Waals surface area contributed by atoms with E-state index in [-0.39, 0.29) is 10.8 Å². The molecular formula is C13H13ClN4O3. The van der Waals surface area contributed by atoms with Gasteiger partial charge in [-0.25, -0.2) is 4.68 Å². The molecule has 1 heterocycles. The molecule has 1 aromatic heterocycles. The molecule has 7 nitrogen and oxygen atoms in total. The standard InChI is InChI=1S/C13H13ClN4O3/c1-18-13(20)12(14)9(7-16-18)17-15-6-8-3-4-11(21-2)10(19)5-8/h3-7,17,19H,1-2H3/b15-6-. The van der Waals surface area contributed by atoms with Gasteiger partial charge in [0.1, 0.15) is 10.7 Å². The first-order valence-electron chi connectivity index (χ1n) is 5.91. The molecule has 0 bridgehead atoms. The summed E-state index contributed by atoms with van der Waals surface area (Å²) < 4.78 is 6.06. The number of hydrazone groups is 1. The van der Waals surface area contributed by atoms with E-state index in [0.29, 0.717) is 17.0 Å². The number of halogens is 1. The molecule has 1 aromatic carbocycles. The second-order valence-electron chi connectivity index (χ2n) is 4.10. The second-order valence-corrected chi connectivity index (χ2v) is 4.48. The fourth-order valence-corrected chi connectivity index (χ4v) is 1.77. The minimum Gasteiger partial charge on any atom is -0.504 e. The highest BCUT2D eigenvalue weighted by Gasteiger charge is 2.06. The van der Waals surface area contributed by atoms with Crippen molar-refractivity contribution in [3.8, 4) is 11.5 Å². The Hall–Kier alpha value is -2.54. The quantitative estimate of drug-likeness (QED) is 0.661. The van der Waals surface area contributed by atoms with E-state index in [1.165, 1.54) is 32.6 Å². The summed E-state index contributed by atoms with van der Waals surface area (Å²) >= 11 is 5.88. The summed E-state index contributed by atoms with van der Waals surface area (Å²) in [5, 5.41) is 17.4. The van der Waals surface area contributed by atoms with Gasteiger partial charge in [0.2, 0.25) is 0 Å². The van der Waals surface area contributed by atoms with E-state index in [9.17, 15) is 9.90 Å². The number of aromatic nitrogens is 2. The molecule has 0 saturated carbocycles. The number of aromatic hydroxyl groups is 1. The molecule has 2 aromatic rings. The highest BCUT2D eigenvalue weighted by molar-refractivity contribution is 6.32. The van der Waals surface area contributed by atoms with Crippen molar-refractivity contribution < 1.29 is 9.84 Å². The Labute approximate surface area is 125 Å². The molecule has 110 valence electrons. The lowest BCUT2D eigenvalue weighted by Gasteiger charge is -2.04. The Morgan fingerprint density at radius 3 is 2.95 bits per heavy atom. The van der Waals surface area contributed by atoms with E-state index >= 15 is 0 Å². The van der Waals surface area contributed by atoms with Crippen molar-refractivity contribution in [2.45, 2.75) is 0 Å². The lowest BCUT2D eigenvalue weighted by Crippen LogP contribution is -2.20. The number of methoxy groups -OCH3 is 1. The van der Waals surface area contributed by atoms with Crippen LogP contribution in [0.5, 0.6) is 11.5 Å². The second kappa shape index (κ2) is 6.27. The molecule has 21 heavy (non-hydrogen) atoms. The Bertz CT molecular complexity index is 743. The predicted molar refractivity (Wildman–Crippen MR) is 80.4 cm³/mol. The van der Waals surface area contributed by atoms with Gasteiger partial charge in [-0.3, -0.25) is 10.2 Å². The Balaban J connectivity index is 2.14. The molecule has 0 radical (unpaired) electrons. The van der Waals surface area contributed by atoms with Gasteiger partial charge in [0.15, 0.2) is 11.5 Å². The number of anilines is 1. The van der Waals surface area contributed by atoms with Crippen LogP contribution in [0.1, 0.15) is 5.56 Å². The van der Waals surface area contributed by atoms with Gasteiger partial charge >= 0.3 is 0 Å². The molecule has 2 N–H and O–H groups in total. The molecule has 0 amide bonds. The molecule has 0 atom stereocenters. The number of rotatable bonds is 4. The number of hydrogen-bond acceptors (Lipinski definition) is 6. The first kappa shape index (κ1) is 14.9. The smallest absolute Gasteiger partial charge is 0.287 e. The largest absolute Gasteiger partial charge is 0.504 e.